The molecule has 1 saturated heterocycles. The number of carboxylic acid groups (broad SMARTS) is 1. The van der Waals surface area contributed by atoms with Gasteiger partial charge in [0.2, 0.25) is 0 Å². The van der Waals surface area contributed by atoms with Crippen LogP contribution in [0.4, 0.5) is 4.79 Å². The molecule has 0 radical (unpaired) electrons. The van der Waals surface area contributed by atoms with Gasteiger partial charge in [0.05, 0.1) is 18.2 Å². The summed E-state index contributed by atoms with van der Waals surface area (Å²) >= 11 is 0. The van der Waals surface area contributed by atoms with Gasteiger partial charge in [0.15, 0.2) is 0 Å². The third kappa shape index (κ3) is 2.64. The number of hydrogen-bond donors (Lipinski definition) is 2. The lowest BCUT2D eigenvalue weighted by molar-refractivity contribution is -0.141. The van der Waals surface area contributed by atoms with Gasteiger partial charge in [-0.05, 0) is 25.5 Å². The van der Waals surface area contributed by atoms with Gasteiger partial charge in [-0.25, -0.2) is 4.79 Å². The second-order valence-electron chi connectivity index (χ2n) is 4.46. The number of nitrogens with zero attached hydrogens (tertiary/aromatic N) is 1. The van der Waals surface area contributed by atoms with Gasteiger partial charge in [-0.15, -0.1) is 0 Å². The molecule has 1 aliphatic heterocycles. The van der Waals surface area contributed by atoms with Crippen LogP contribution in [0.15, 0.2) is 22.8 Å². The Kier molecular flexibility index (Phi) is 3.55. The minimum Gasteiger partial charge on any atom is -0.481 e. The maximum atomic E-state index is 11.9. The summed E-state index contributed by atoms with van der Waals surface area (Å²) < 4.78 is 5.19. The zero-order valence-electron chi connectivity index (χ0n) is 10.1. The van der Waals surface area contributed by atoms with Crippen LogP contribution in [0.5, 0.6) is 0 Å². The fraction of sp³-hybridized carbons (Fsp3) is 0.500. The van der Waals surface area contributed by atoms with E-state index in [9.17, 15) is 9.59 Å². The summed E-state index contributed by atoms with van der Waals surface area (Å²) in [5.41, 5.74) is 0. The molecule has 2 unspecified atom stereocenters. The van der Waals surface area contributed by atoms with E-state index in [-0.39, 0.29) is 18.6 Å². The first-order valence-electron chi connectivity index (χ1n) is 5.89. The molecule has 1 aromatic heterocycles. The molecule has 2 N–H and O–H groups in total. The lowest BCUT2D eigenvalue weighted by atomic mass is 10.1. The van der Waals surface area contributed by atoms with Crippen LogP contribution >= 0.6 is 0 Å². The Morgan fingerprint density at radius 1 is 1.61 bits per heavy atom. The van der Waals surface area contributed by atoms with E-state index >= 15 is 0 Å². The number of carbonyl (C=O) groups is 2. The molecule has 0 saturated carbocycles. The highest BCUT2D eigenvalue weighted by atomic mass is 16.4. The van der Waals surface area contributed by atoms with Gasteiger partial charge in [-0.1, -0.05) is 0 Å². The van der Waals surface area contributed by atoms with Gasteiger partial charge < -0.3 is 19.7 Å². The normalized spacial score (nSPS) is 20.7. The number of furan rings is 1. The van der Waals surface area contributed by atoms with Gasteiger partial charge in [0.25, 0.3) is 0 Å². The second kappa shape index (κ2) is 5.12. The zero-order chi connectivity index (χ0) is 13.1. The predicted molar refractivity (Wildman–Crippen MR) is 63.0 cm³/mol. The largest absolute Gasteiger partial charge is 0.481 e. The summed E-state index contributed by atoms with van der Waals surface area (Å²) in [7, 11) is 0. The van der Waals surface area contributed by atoms with Crippen molar-refractivity contribution in [2.75, 3.05) is 13.1 Å². The number of carboxylic acids is 1. The summed E-state index contributed by atoms with van der Waals surface area (Å²) in [5, 5.41) is 11.7. The molecule has 2 heterocycles. The fourth-order valence-electron chi connectivity index (χ4n) is 2.03. The van der Waals surface area contributed by atoms with Crippen molar-refractivity contribution in [1.29, 1.82) is 0 Å². The molecule has 2 amide bonds. The lowest BCUT2D eigenvalue weighted by Gasteiger charge is -2.19. The van der Waals surface area contributed by atoms with E-state index in [4.69, 9.17) is 9.52 Å². The lowest BCUT2D eigenvalue weighted by Crippen LogP contribution is -2.40. The molecule has 0 aromatic carbocycles. The van der Waals surface area contributed by atoms with Crippen molar-refractivity contribution < 1.29 is 19.1 Å². The summed E-state index contributed by atoms with van der Waals surface area (Å²) in [6.07, 6.45) is 2.06. The van der Waals surface area contributed by atoms with Crippen molar-refractivity contribution in [3.05, 3.63) is 24.2 Å². The average molecular weight is 252 g/mol. The van der Waals surface area contributed by atoms with Crippen molar-refractivity contribution in [1.82, 2.24) is 10.2 Å². The molecule has 1 aromatic rings. The maximum absolute atomic E-state index is 11.9. The third-order valence-corrected chi connectivity index (χ3v) is 3.13. The maximum Gasteiger partial charge on any atom is 0.318 e. The Morgan fingerprint density at radius 3 is 2.94 bits per heavy atom. The first-order chi connectivity index (χ1) is 8.58. The number of nitrogens with one attached hydrogen (secondary N) is 1. The van der Waals surface area contributed by atoms with Crippen molar-refractivity contribution >= 4 is 12.0 Å². The van der Waals surface area contributed by atoms with Crippen molar-refractivity contribution in [3.8, 4) is 0 Å². The van der Waals surface area contributed by atoms with E-state index in [1.807, 2.05) is 6.92 Å². The predicted octanol–water partition coefficient (Wildman–Crippen LogP) is 1.46. The number of hydrogen-bond acceptors (Lipinski definition) is 3. The first kappa shape index (κ1) is 12.5. The molecule has 1 aliphatic rings. The topological polar surface area (TPSA) is 82.8 Å². The Bertz CT molecular complexity index is 429. The van der Waals surface area contributed by atoms with E-state index in [0.717, 1.165) is 0 Å². The van der Waals surface area contributed by atoms with Crippen LogP contribution in [0.2, 0.25) is 0 Å². The van der Waals surface area contributed by atoms with E-state index in [0.29, 0.717) is 18.7 Å². The highest BCUT2D eigenvalue weighted by Gasteiger charge is 2.31. The van der Waals surface area contributed by atoms with Crippen LogP contribution in [-0.4, -0.2) is 35.1 Å². The van der Waals surface area contributed by atoms with Gasteiger partial charge in [-0.3, -0.25) is 4.79 Å². The van der Waals surface area contributed by atoms with Crippen LogP contribution in [0.1, 0.15) is 25.1 Å². The van der Waals surface area contributed by atoms with Crippen LogP contribution < -0.4 is 5.32 Å². The van der Waals surface area contributed by atoms with Gasteiger partial charge in [0, 0.05) is 13.1 Å². The number of amides is 2. The van der Waals surface area contributed by atoms with Crippen molar-refractivity contribution in [2.24, 2.45) is 5.92 Å². The quantitative estimate of drug-likeness (QED) is 0.853. The number of urea groups is 1. The standard InChI is InChI=1S/C12H16N2O4/c1-8(10-3-2-6-18-10)13-12(17)14-5-4-9(7-14)11(15)16/h2-3,6,8-9H,4-5,7H2,1H3,(H,13,17)(H,15,16). The summed E-state index contributed by atoms with van der Waals surface area (Å²) in [6, 6.07) is 3.07. The number of rotatable bonds is 3. The molecular weight excluding hydrogens is 236 g/mol. The Hall–Kier alpha value is -1.98. The summed E-state index contributed by atoms with van der Waals surface area (Å²) in [6.45, 7) is 2.57. The van der Waals surface area contributed by atoms with Crippen molar-refractivity contribution in [2.45, 2.75) is 19.4 Å². The van der Waals surface area contributed by atoms with Crippen LogP contribution in [0, 0.1) is 5.92 Å². The Labute approximate surface area is 105 Å². The van der Waals surface area contributed by atoms with Crippen LogP contribution in [0.3, 0.4) is 0 Å². The highest BCUT2D eigenvalue weighted by molar-refractivity contribution is 5.77. The fourth-order valence-corrected chi connectivity index (χ4v) is 2.03. The second-order valence-corrected chi connectivity index (χ2v) is 4.46. The van der Waals surface area contributed by atoms with E-state index in [1.165, 1.54) is 4.90 Å². The van der Waals surface area contributed by atoms with E-state index in [1.54, 1.807) is 18.4 Å². The minimum absolute atomic E-state index is 0.226. The molecule has 0 aliphatic carbocycles. The molecule has 2 atom stereocenters. The van der Waals surface area contributed by atoms with Crippen molar-refractivity contribution in [3.63, 3.8) is 0 Å². The summed E-state index contributed by atoms with van der Waals surface area (Å²) in [4.78, 5) is 24.2. The van der Waals surface area contributed by atoms with E-state index in [2.05, 4.69) is 5.32 Å². The average Bonchev–Trinajstić information content (AvgIpc) is 3.00. The molecule has 0 spiro atoms. The van der Waals surface area contributed by atoms with Gasteiger partial charge >= 0.3 is 12.0 Å². The molecule has 6 heteroatoms. The van der Waals surface area contributed by atoms with Gasteiger partial charge in [-0.2, -0.15) is 0 Å². The molecule has 1 fully saturated rings. The molecular formula is C12H16N2O4. The molecule has 98 valence electrons. The molecule has 18 heavy (non-hydrogen) atoms. The smallest absolute Gasteiger partial charge is 0.318 e. The highest BCUT2D eigenvalue weighted by Crippen LogP contribution is 2.18. The third-order valence-electron chi connectivity index (χ3n) is 3.13. The van der Waals surface area contributed by atoms with Crippen LogP contribution in [0.25, 0.3) is 0 Å². The molecule has 2 rings (SSSR count). The van der Waals surface area contributed by atoms with Crippen LogP contribution in [-0.2, 0) is 4.79 Å². The number of carbonyl (C=O) groups excluding carboxylic acids is 1. The molecule has 0 bridgehead atoms. The number of aliphatic carboxylic acids is 1. The minimum atomic E-state index is -0.843. The van der Waals surface area contributed by atoms with E-state index < -0.39 is 11.9 Å². The Morgan fingerprint density at radius 2 is 2.39 bits per heavy atom. The first-order valence-corrected chi connectivity index (χ1v) is 5.89. The van der Waals surface area contributed by atoms with Gasteiger partial charge in [0.1, 0.15) is 5.76 Å². The monoisotopic (exact) mass is 252 g/mol. The number of likely N-dealkylation sites (tertiary alicyclic amines) is 1. The SMILES string of the molecule is CC(NC(=O)N1CCC(C(=O)O)C1)c1ccco1. The zero-order valence-corrected chi connectivity index (χ0v) is 10.1. The Balaban J connectivity index is 1.87. The molecule has 6 nitrogen and oxygen atoms in total. The summed E-state index contributed by atoms with van der Waals surface area (Å²) in [5.74, 6) is -0.614.